The molecule has 0 radical (unpaired) electrons. The van der Waals surface area contributed by atoms with Gasteiger partial charge in [0.05, 0.1) is 7.11 Å². The third-order valence-electron chi connectivity index (χ3n) is 2.87. The third kappa shape index (κ3) is 3.51. The molecule has 106 valence electrons. The molecule has 2 aromatic rings. The number of nitrogens with one attached hydrogen (secondary N) is 1. The predicted molar refractivity (Wildman–Crippen MR) is 76.0 cm³/mol. The Labute approximate surface area is 118 Å². The SMILES string of the molecule is CCCNCc1cnc(-c2ccc(F)c(OC)c2)nc1. The number of aromatic nitrogens is 2. The minimum atomic E-state index is -0.392. The molecular formula is C15H18FN3O. The van der Waals surface area contributed by atoms with E-state index in [2.05, 4.69) is 22.2 Å². The van der Waals surface area contributed by atoms with Gasteiger partial charge in [0.15, 0.2) is 17.4 Å². The topological polar surface area (TPSA) is 47.0 Å². The Morgan fingerprint density at radius 1 is 1.25 bits per heavy atom. The van der Waals surface area contributed by atoms with E-state index in [0.29, 0.717) is 5.82 Å². The number of benzene rings is 1. The number of nitrogens with zero attached hydrogens (tertiary/aromatic N) is 2. The van der Waals surface area contributed by atoms with Gasteiger partial charge in [0.2, 0.25) is 0 Å². The molecule has 0 spiro atoms. The van der Waals surface area contributed by atoms with Gasteiger partial charge in [0.25, 0.3) is 0 Å². The Morgan fingerprint density at radius 2 is 2.00 bits per heavy atom. The Bertz CT molecular complexity index is 558. The Balaban J connectivity index is 2.13. The first-order chi connectivity index (χ1) is 9.74. The maximum absolute atomic E-state index is 13.3. The first-order valence-corrected chi connectivity index (χ1v) is 6.60. The summed E-state index contributed by atoms with van der Waals surface area (Å²) in [6.45, 7) is 3.84. The van der Waals surface area contributed by atoms with E-state index in [4.69, 9.17) is 4.74 Å². The van der Waals surface area contributed by atoms with Crippen LogP contribution in [0.25, 0.3) is 11.4 Å². The van der Waals surface area contributed by atoms with Crippen LogP contribution in [0, 0.1) is 5.82 Å². The van der Waals surface area contributed by atoms with Crippen LogP contribution >= 0.6 is 0 Å². The molecule has 2 rings (SSSR count). The molecule has 1 N–H and O–H groups in total. The lowest BCUT2D eigenvalue weighted by atomic mass is 10.2. The van der Waals surface area contributed by atoms with Gasteiger partial charge in [-0.1, -0.05) is 6.92 Å². The zero-order valence-corrected chi connectivity index (χ0v) is 11.7. The van der Waals surface area contributed by atoms with E-state index in [1.165, 1.54) is 13.2 Å². The summed E-state index contributed by atoms with van der Waals surface area (Å²) in [5, 5.41) is 3.29. The molecule has 4 nitrogen and oxygen atoms in total. The lowest BCUT2D eigenvalue weighted by molar-refractivity contribution is 0.387. The fourth-order valence-electron chi connectivity index (χ4n) is 1.80. The summed E-state index contributed by atoms with van der Waals surface area (Å²) >= 11 is 0. The quantitative estimate of drug-likeness (QED) is 0.823. The van der Waals surface area contributed by atoms with Gasteiger partial charge < -0.3 is 10.1 Å². The molecule has 0 bridgehead atoms. The van der Waals surface area contributed by atoms with Crippen molar-refractivity contribution in [2.24, 2.45) is 0 Å². The van der Waals surface area contributed by atoms with Crippen LogP contribution in [-0.4, -0.2) is 23.6 Å². The monoisotopic (exact) mass is 275 g/mol. The smallest absolute Gasteiger partial charge is 0.165 e. The lowest BCUT2D eigenvalue weighted by Crippen LogP contribution is -2.14. The standard InChI is InChI=1S/C15H18FN3O/c1-3-6-17-8-11-9-18-15(19-10-11)12-4-5-13(16)14(7-12)20-2/h4-5,7,9-10,17H,3,6,8H2,1-2H3. The van der Waals surface area contributed by atoms with E-state index in [-0.39, 0.29) is 5.75 Å². The molecule has 0 saturated carbocycles. The van der Waals surface area contributed by atoms with E-state index >= 15 is 0 Å². The zero-order valence-electron chi connectivity index (χ0n) is 11.7. The van der Waals surface area contributed by atoms with Crippen molar-refractivity contribution in [2.45, 2.75) is 19.9 Å². The molecule has 0 aliphatic carbocycles. The van der Waals surface area contributed by atoms with E-state index in [9.17, 15) is 4.39 Å². The van der Waals surface area contributed by atoms with Crippen molar-refractivity contribution in [1.29, 1.82) is 0 Å². The summed E-state index contributed by atoms with van der Waals surface area (Å²) in [5.74, 6) is 0.360. The molecular weight excluding hydrogens is 257 g/mol. The second-order valence-corrected chi connectivity index (χ2v) is 4.44. The molecule has 1 aromatic heterocycles. The maximum Gasteiger partial charge on any atom is 0.165 e. The van der Waals surface area contributed by atoms with Gasteiger partial charge in [0, 0.05) is 30.1 Å². The number of hydrogen-bond donors (Lipinski definition) is 1. The summed E-state index contributed by atoms with van der Waals surface area (Å²) in [7, 11) is 1.44. The lowest BCUT2D eigenvalue weighted by Gasteiger charge is -2.06. The fourth-order valence-corrected chi connectivity index (χ4v) is 1.80. The normalized spacial score (nSPS) is 10.6. The highest BCUT2D eigenvalue weighted by atomic mass is 19.1. The van der Waals surface area contributed by atoms with Crippen LogP contribution in [-0.2, 0) is 6.54 Å². The first-order valence-electron chi connectivity index (χ1n) is 6.60. The number of ether oxygens (including phenoxy) is 1. The maximum atomic E-state index is 13.3. The van der Waals surface area contributed by atoms with Crippen LogP contribution in [0.4, 0.5) is 4.39 Å². The molecule has 0 unspecified atom stereocenters. The van der Waals surface area contributed by atoms with Gasteiger partial charge in [-0.15, -0.1) is 0 Å². The van der Waals surface area contributed by atoms with Gasteiger partial charge in [-0.2, -0.15) is 0 Å². The van der Waals surface area contributed by atoms with Crippen LogP contribution in [0.2, 0.25) is 0 Å². The molecule has 5 heteroatoms. The first kappa shape index (κ1) is 14.4. The van der Waals surface area contributed by atoms with E-state index in [1.807, 2.05) is 0 Å². The summed E-state index contributed by atoms with van der Waals surface area (Å²) in [6.07, 6.45) is 4.65. The summed E-state index contributed by atoms with van der Waals surface area (Å²) in [6, 6.07) is 4.59. The van der Waals surface area contributed by atoms with Gasteiger partial charge in [-0.25, -0.2) is 14.4 Å². The molecule has 1 heterocycles. The minimum Gasteiger partial charge on any atom is -0.494 e. The highest BCUT2D eigenvalue weighted by Gasteiger charge is 2.07. The third-order valence-corrected chi connectivity index (χ3v) is 2.87. The Kier molecular flexibility index (Phi) is 5.01. The molecule has 0 aliphatic heterocycles. The van der Waals surface area contributed by atoms with E-state index in [0.717, 1.165) is 30.6 Å². The van der Waals surface area contributed by atoms with Crippen molar-refractivity contribution in [1.82, 2.24) is 15.3 Å². The summed E-state index contributed by atoms with van der Waals surface area (Å²) in [5.41, 5.74) is 1.76. The predicted octanol–water partition coefficient (Wildman–Crippen LogP) is 2.79. The van der Waals surface area contributed by atoms with Crippen molar-refractivity contribution >= 4 is 0 Å². The van der Waals surface area contributed by atoms with E-state index < -0.39 is 5.82 Å². The van der Waals surface area contributed by atoms with Crippen molar-refractivity contribution in [3.05, 3.63) is 42.0 Å². The summed E-state index contributed by atoms with van der Waals surface area (Å²) in [4.78, 5) is 8.61. The Hall–Kier alpha value is -2.01. The van der Waals surface area contributed by atoms with Crippen molar-refractivity contribution in [2.75, 3.05) is 13.7 Å². The highest BCUT2D eigenvalue weighted by Crippen LogP contribution is 2.23. The highest BCUT2D eigenvalue weighted by molar-refractivity contribution is 5.57. The molecule has 0 atom stereocenters. The number of hydrogen-bond acceptors (Lipinski definition) is 4. The number of methoxy groups -OCH3 is 1. The van der Waals surface area contributed by atoms with Crippen LogP contribution in [0.5, 0.6) is 5.75 Å². The minimum absolute atomic E-state index is 0.194. The van der Waals surface area contributed by atoms with Gasteiger partial charge >= 0.3 is 0 Å². The zero-order chi connectivity index (χ0) is 14.4. The second-order valence-electron chi connectivity index (χ2n) is 4.44. The molecule has 0 saturated heterocycles. The average Bonchev–Trinajstić information content (AvgIpc) is 2.49. The second kappa shape index (κ2) is 6.96. The van der Waals surface area contributed by atoms with Crippen molar-refractivity contribution in [3.8, 4) is 17.1 Å². The molecule has 1 aromatic carbocycles. The van der Waals surface area contributed by atoms with Gasteiger partial charge in [0.1, 0.15) is 0 Å². The van der Waals surface area contributed by atoms with Crippen LogP contribution < -0.4 is 10.1 Å². The largest absolute Gasteiger partial charge is 0.494 e. The molecule has 20 heavy (non-hydrogen) atoms. The van der Waals surface area contributed by atoms with Crippen LogP contribution in [0.15, 0.2) is 30.6 Å². The van der Waals surface area contributed by atoms with Gasteiger partial charge in [-0.3, -0.25) is 0 Å². The van der Waals surface area contributed by atoms with Crippen molar-refractivity contribution in [3.63, 3.8) is 0 Å². The van der Waals surface area contributed by atoms with Crippen molar-refractivity contribution < 1.29 is 9.13 Å². The Morgan fingerprint density at radius 3 is 2.65 bits per heavy atom. The van der Waals surface area contributed by atoms with E-state index in [1.54, 1.807) is 24.5 Å². The fraction of sp³-hybridized carbons (Fsp3) is 0.333. The summed E-state index contributed by atoms with van der Waals surface area (Å²) < 4.78 is 18.3. The number of halogens is 1. The van der Waals surface area contributed by atoms with Crippen LogP contribution in [0.1, 0.15) is 18.9 Å². The molecule has 0 aliphatic rings. The van der Waals surface area contributed by atoms with Gasteiger partial charge in [-0.05, 0) is 31.2 Å². The number of rotatable bonds is 6. The average molecular weight is 275 g/mol. The molecule has 0 amide bonds. The molecule has 0 fully saturated rings. The van der Waals surface area contributed by atoms with Crippen LogP contribution in [0.3, 0.4) is 0 Å².